The summed E-state index contributed by atoms with van der Waals surface area (Å²) in [4.78, 5) is 11.7. The Bertz CT molecular complexity index is 624. The van der Waals surface area contributed by atoms with Crippen molar-refractivity contribution in [2.45, 2.75) is 20.8 Å². The van der Waals surface area contributed by atoms with Crippen molar-refractivity contribution in [2.24, 2.45) is 7.05 Å². The van der Waals surface area contributed by atoms with E-state index in [4.69, 9.17) is 5.73 Å². The molecule has 18 heavy (non-hydrogen) atoms. The van der Waals surface area contributed by atoms with Gasteiger partial charge in [0.25, 0.3) is 0 Å². The lowest BCUT2D eigenvalue weighted by molar-refractivity contribution is 0.101. The van der Waals surface area contributed by atoms with Crippen LogP contribution in [0.3, 0.4) is 0 Å². The van der Waals surface area contributed by atoms with Crippen molar-refractivity contribution >= 4 is 11.5 Å². The normalized spacial score (nSPS) is 10.7. The molecule has 1 aromatic carbocycles. The van der Waals surface area contributed by atoms with Gasteiger partial charge in [0.05, 0.1) is 16.9 Å². The lowest BCUT2D eigenvalue weighted by atomic mass is 10.1. The molecule has 0 fully saturated rings. The van der Waals surface area contributed by atoms with Crippen LogP contribution in [0.25, 0.3) is 11.3 Å². The van der Waals surface area contributed by atoms with Crippen LogP contribution in [-0.4, -0.2) is 10.4 Å². The smallest absolute Gasteiger partial charge is 0.163 e. The van der Waals surface area contributed by atoms with Crippen LogP contribution in [0.4, 0.5) is 5.69 Å². The van der Waals surface area contributed by atoms with Crippen LogP contribution < -0.4 is 5.73 Å². The second-order valence-electron chi connectivity index (χ2n) is 4.71. The molecule has 0 saturated carbocycles. The van der Waals surface area contributed by atoms with Crippen LogP contribution in [0.15, 0.2) is 24.3 Å². The summed E-state index contributed by atoms with van der Waals surface area (Å²) in [5, 5.41) is 0. The maximum absolute atomic E-state index is 11.7. The molecule has 0 radical (unpaired) electrons. The number of anilines is 1. The topological polar surface area (TPSA) is 48.0 Å². The molecule has 0 aliphatic rings. The maximum atomic E-state index is 11.7. The third kappa shape index (κ3) is 1.82. The molecule has 2 aromatic rings. The third-order valence-electron chi connectivity index (χ3n) is 3.37. The van der Waals surface area contributed by atoms with Crippen molar-refractivity contribution in [1.82, 2.24) is 4.57 Å². The highest BCUT2D eigenvalue weighted by atomic mass is 16.1. The van der Waals surface area contributed by atoms with Gasteiger partial charge >= 0.3 is 0 Å². The number of aryl methyl sites for hydroxylation is 1. The quantitative estimate of drug-likeness (QED) is 0.823. The number of aromatic nitrogens is 1. The molecule has 3 nitrogen and oxygen atoms in total. The van der Waals surface area contributed by atoms with Crippen LogP contribution >= 0.6 is 0 Å². The molecule has 0 atom stereocenters. The monoisotopic (exact) mass is 242 g/mol. The average Bonchev–Trinajstić information content (AvgIpc) is 2.50. The van der Waals surface area contributed by atoms with E-state index in [1.54, 1.807) is 6.92 Å². The first kappa shape index (κ1) is 12.4. The van der Waals surface area contributed by atoms with Gasteiger partial charge in [0.1, 0.15) is 0 Å². The number of nitrogen functional groups attached to an aromatic ring is 1. The second-order valence-corrected chi connectivity index (χ2v) is 4.71. The predicted octanol–water partition coefficient (Wildman–Crippen LogP) is 3.09. The van der Waals surface area contributed by atoms with Crippen molar-refractivity contribution in [3.05, 3.63) is 41.1 Å². The van der Waals surface area contributed by atoms with Gasteiger partial charge in [-0.2, -0.15) is 0 Å². The number of hydrogen-bond donors (Lipinski definition) is 1. The Kier molecular flexibility index (Phi) is 2.99. The first-order chi connectivity index (χ1) is 8.43. The second kappa shape index (κ2) is 4.33. The molecule has 1 heterocycles. The van der Waals surface area contributed by atoms with E-state index >= 15 is 0 Å². The van der Waals surface area contributed by atoms with Gasteiger partial charge in [-0.3, -0.25) is 4.79 Å². The van der Waals surface area contributed by atoms with Crippen LogP contribution in [0.2, 0.25) is 0 Å². The molecule has 0 aliphatic heterocycles. The lowest BCUT2D eigenvalue weighted by Gasteiger charge is -2.07. The summed E-state index contributed by atoms with van der Waals surface area (Å²) in [6.45, 7) is 5.52. The molecule has 0 bridgehead atoms. The average molecular weight is 242 g/mol. The first-order valence-corrected chi connectivity index (χ1v) is 5.96. The molecular formula is C15H18N2O. The largest absolute Gasteiger partial charge is 0.396 e. The Morgan fingerprint density at radius 2 is 1.94 bits per heavy atom. The van der Waals surface area contributed by atoms with Crippen LogP contribution in [0.5, 0.6) is 0 Å². The fraction of sp³-hybridized carbons (Fsp3) is 0.267. The number of carbonyl (C=O) groups is 1. The van der Waals surface area contributed by atoms with Gasteiger partial charge in [-0.05, 0) is 26.8 Å². The summed E-state index contributed by atoms with van der Waals surface area (Å²) >= 11 is 0. The molecule has 2 N–H and O–H groups in total. The van der Waals surface area contributed by atoms with E-state index in [-0.39, 0.29) is 5.78 Å². The number of benzene rings is 1. The summed E-state index contributed by atoms with van der Waals surface area (Å²) in [6.07, 6.45) is 0. The van der Waals surface area contributed by atoms with Crippen molar-refractivity contribution in [3.8, 4) is 11.3 Å². The SMILES string of the molecule is CC(=O)c1c(N)c(-c2cccc(C)c2)n(C)c1C. The van der Waals surface area contributed by atoms with E-state index in [1.165, 1.54) is 5.56 Å². The number of nitrogens with two attached hydrogens (primary N) is 1. The highest BCUT2D eigenvalue weighted by molar-refractivity contribution is 6.04. The molecule has 0 spiro atoms. The van der Waals surface area contributed by atoms with Crippen molar-refractivity contribution in [2.75, 3.05) is 5.73 Å². The van der Waals surface area contributed by atoms with Crippen LogP contribution in [0, 0.1) is 13.8 Å². The highest BCUT2D eigenvalue weighted by Crippen LogP contribution is 2.33. The number of nitrogens with zero attached hydrogens (tertiary/aromatic N) is 1. The number of carbonyl (C=O) groups excluding carboxylic acids is 1. The van der Waals surface area contributed by atoms with Gasteiger partial charge in [-0.15, -0.1) is 0 Å². The standard InChI is InChI=1S/C15H18N2O/c1-9-6-5-7-12(8-9)15-14(16)13(11(3)18)10(2)17(15)4/h5-8H,16H2,1-4H3. The van der Waals surface area contributed by atoms with Gasteiger partial charge in [0.15, 0.2) is 5.78 Å². The number of ketones is 1. The number of hydrogen-bond acceptors (Lipinski definition) is 2. The molecule has 2 rings (SSSR count). The van der Waals surface area contributed by atoms with E-state index < -0.39 is 0 Å². The fourth-order valence-corrected chi connectivity index (χ4v) is 2.42. The van der Waals surface area contributed by atoms with E-state index in [9.17, 15) is 4.79 Å². The minimum atomic E-state index is 0.0134. The maximum Gasteiger partial charge on any atom is 0.163 e. The Morgan fingerprint density at radius 3 is 2.44 bits per heavy atom. The Morgan fingerprint density at radius 1 is 1.28 bits per heavy atom. The highest BCUT2D eigenvalue weighted by Gasteiger charge is 2.20. The molecule has 1 aromatic heterocycles. The van der Waals surface area contributed by atoms with E-state index in [1.807, 2.05) is 43.7 Å². The van der Waals surface area contributed by atoms with Crippen LogP contribution in [-0.2, 0) is 7.05 Å². The number of rotatable bonds is 2. The zero-order chi connectivity index (χ0) is 13.4. The zero-order valence-corrected chi connectivity index (χ0v) is 11.2. The number of Topliss-reactive ketones (excluding diaryl/α,β-unsaturated/α-hetero) is 1. The Labute approximate surface area is 107 Å². The van der Waals surface area contributed by atoms with E-state index in [0.29, 0.717) is 11.3 Å². The lowest BCUT2D eigenvalue weighted by Crippen LogP contribution is -1.98. The van der Waals surface area contributed by atoms with Gasteiger partial charge in [0, 0.05) is 18.3 Å². The Hall–Kier alpha value is -2.03. The zero-order valence-electron chi connectivity index (χ0n) is 11.2. The molecule has 0 amide bonds. The van der Waals surface area contributed by atoms with E-state index in [0.717, 1.165) is 17.0 Å². The minimum absolute atomic E-state index is 0.0134. The first-order valence-electron chi connectivity index (χ1n) is 5.96. The molecule has 3 heteroatoms. The molecule has 0 unspecified atom stereocenters. The van der Waals surface area contributed by atoms with Crippen molar-refractivity contribution in [3.63, 3.8) is 0 Å². The molecular weight excluding hydrogens is 224 g/mol. The summed E-state index contributed by atoms with van der Waals surface area (Å²) in [6, 6.07) is 8.14. The van der Waals surface area contributed by atoms with Gasteiger partial charge in [-0.1, -0.05) is 23.8 Å². The summed E-state index contributed by atoms with van der Waals surface area (Å²) < 4.78 is 1.99. The van der Waals surface area contributed by atoms with Gasteiger partial charge < -0.3 is 10.3 Å². The van der Waals surface area contributed by atoms with Gasteiger partial charge in [-0.25, -0.2) is 0 Å². The fourth-order valence-electron chi connectivity index (χ4n) is 2.42. The van der Waals surface area contributed by atoms with Crippen LogP contribution in [0.1, 0.15) is 28.5 Å². The van der Waals surface area contributed by atoms with Gasteiger partial charge in [0.2, 0.25) is 0 Å². The molecule has 94 valence electrons. The predicted molar refractivity (Wildman–Crippen MR) is 74.7 cm³/mol. The van der Waals surface area contributed by atoms with E-state index in [2.05, 4.69) is 6.07 Å². The summed E-state index contributed by atoms with van der Waals surface area (Å²) in [5.41, 5.74) is 11.4. The molecule has 0 aliphatic carbocycles. The van der Waals surface area contributed by atoms with Crippen molar-refractivity contribution in [1.29, 1.82) is 0 Å². The molecule has 0 saturated heterocycles. The summed E-state index contributed by atoms with van der Waals surface area (Å²) in [7, 11) is 1.94. The van der Waals surface area contributed by atoms with Crippen molar-refractivity contribution < 1.29 is 4.79 Å². The third-order valence-corrected chi connectivity index (χ3v) is 3.37. The minimum Gasteiger partial charge on any atom is -0.396 e. The Balaban J connectivity index is 2.73. The summed E-state index contributed by atoms with van der Waals surface area (Å²) in [5.74, 6) is 0.0134.